The second-order valence-corrected chi connectivity index (χ2v) is 6.29. The van der Waals surface area contributed by atoms with Crippen LogP contribution in [0.15, 0.2) is 36.7 Å². The third-order valence-corrected chi connectivity index (χ3v) is 4.60. The Bertz CT molecular complexity index is 728. The van der Waals surface area contributed by atoms with E-state index < -0.39 is 5.97 Å². The minimum Gasteiger partial charge on any atom is -0.462 e. The minimum absolute atomic E-state index is 0.247. The molecule has 1 aliphatic carbocycles. The Labute approximate surface area is 146 Å². The molecule has 132 valence electrons. The first kappa shape index (κ1) is 17.3. The van der Waals surface area contributed by atoms with Crippen molar-refractivity contribution in [3.8, 4) is 0 Å². The molecule has 1 fully saturated rings. The Kier molecular flexibility index (Phi) is 5.26. The van der Waals surface area contributed by atoms with Gasteiger partial charge in [-0.25, -0.2) is 19.2 Å². The van der Waals surface area contributed by atoms with E-state index in [1.807, 2.05) is 6.07 Å². The van der Waals surface area contributed by atoms with Gasteiger partial charge in [0.25, 0.3) is 0 Å². The van der Waals surface area contributed by atoms with E-state index in [0.29, 0.717) is 18.1 Å². The molecule has 6 heteroatoms. The summed E-state index contributed by atoms with van der Waals surface area (Å²) >= 11 is 0. The van der Waals surface area contributed by atoms with E-state index in [1.54, 1.807) is 19.1 Å². The first-order valence-corrected chi connectivity index (χ1v) is 8.66. The lowest BCUT2D eigenvalue weighted by Gasteiger charge is -2.38. The fourth-order valence-corrected chi connectivity index (χ4v) is 3.35. The normalized spacial score (nSPS) is 16.2. The third-order valence-electron chi connectivity index (χ3n) is 4.60. The zero-order valence-corrected chi connectivity index (χ0v) is 14.3. The molecule has 1 N–H and O–H groups in total. The van der Waals surface area contributed by atoms with Crippen LogP contribution in [-0.2, 0) is 10.3 Å². The van der Waals surface area contributed by atoms with E-state index in [1.165, 1.54) is 24.9 Å². The molecule has 0 atom stereocenters. The molecule has 0 amide bonds. The van der Waals surface area contributed by atoms with Crippen molar-refractivity contribution in [3.63, 3.8) is 0 Å². The van der Waals surface area contributed by atoms with E-state index in [-0.39, 0.29) is 11.4 Å². The lowest BCUT2D eigenvalue weighted by Crippen LogP contribution is -2.38. The van der Waals surface area contributed by atoms with Crippen molar-refractivity contribution in [2.45, 2.75) is 44.6 Å². The van der Waals surface area contributed by atoms with Gasteiger partial charge >= 0.3 is 5.97 Å². The van der Waals surface area contributed by atoms with Crippen molar-refractivity contribution in [2.75, 3.05) is 11.9 Å². The Morgan fingerprint density at radius 2 is 1.96 bits per heavy atom. The monoisotopic (exact) mass is 343 g/mol. The summed E-state index contributed by atoms with van der Waals surface area (Å²) in [6, 6.07) is 6.69. The molecule has 1 aliphatic rings. The van der Waals surface area contributed by atoms with Crippen molar-refractivity contribution in [2.24, 2.45) is 0 Å². The Balaban J connectivity index is 1.85. The summed E-state index contributed by atoms with van der Waals surface area (Å²) in [4.78, 5) is 20.2. The molecule has 3 rings (SSSR count). The van der Waals surface area contributed by atoms with Crippen molar-refractivity contribution < 1.29 is 13.9 Å². The van der Waals surface area contributed by atoms with E-state index in [0.717, 1.165) is 31.2 Å². The predicted octanol–water partition coefficient (Wildman–Crippen LogP) is 4.06. The molecule has 1 heterocycles. The number of carbonyl (C=O) groups is 1. The topological polar surface area (TPSA) is 64.1 Å². The number of benzene rings is 1. The molecular weight excluding hydrogens is 321 g/mol. The van der Waals surface area contributed by atoms with Gasteiger partial charge in [0.05, 0.1) is 17.7 Å². The maximum atomic E-state index is 13.7. The van der Waals surface area contributed by atoms with Gasteiger partial charge in [0, 0.05) is 12.4 Å². The summed E-state index contributed by atoms with van der Waals surface area (Å²) in [5.74, 6) is -0.256. The molecule has 5 nitrogen and oxygen atoms in total. The largest absolute Gasteiger partial charge is 0.462 e. The number of nitrogens with one attached hydrogen (secondary N) is 1. The smallest absolute Gasteiger partial charge is 0.341 e. The van der Waals surface area contributed by atoms with Crippen LogP contribution in [0.4, 0.5) is 10.3 Å². The Hall–Kier alpha value is -2.50. The van der Waals surface area contributed by atoms with Gasteiger partial charge in [-0.1, -0.05) is 31.4 Å². The first-order valence-electron chi connectivity index (χ1n) is 8.66. The summed E-state index contributed by atoms with van der Waals surface area (Å²) in [5, 5.41) is 3.40. The highest BCUT2D eigenvalue weighted by atomic mass is 19.1. The Morgan fingerprint density at radius 1 is 1.24 bits per heavy atom. The van der Waals surface area contributed by atoms with Gasteiger partial charge in [0.15, 0.2) is 0 Å². The van der Waals surface area contributed by atoms with Crippen molar-refractivity contribution in [1.82, 2.24) is 9.97 Å². The summed E-state index contributed by atoms with van der Waals surface area (Å²) in [7, 11) is 0. The number of carbonyl (C=O) groups excluding carboxylic acids is 1. The fourth-order valence-electron chi connectivity index (χ4n) is 3.35. The minimum atomic E-state index is -0.438. The molecule has 0 bridgehead atoms. The van der Waals surface area contributed by atoms with Gasteiger partial charge in [0.2, 0.25) is 5.95 Å². The van der Waals surface area contributed by atoms with Crippen LogP contribution >= 0.6 is 0 Å². The average Bonchev–Trinajstić information content (AvgIpc) is 2.63. The van der Waals surface area contributed by atoms with Gasteiger partial charge in [-0.05, 0) is 37.5 Å². The number of halogens is 1. The highest BCUT2D eigenvalue weighted by molar-refractivity contribution is 5.88. The highest BCUT2D eigenvalue weighted by Gasteiger charge is 2.34. The van der Waals surface area contributed by atoms with Crippen molar-refractivity contribution >= 4 is 11.9 Å². The van der Waals surface area contributed by atoms with E-state index in [2.05, 4.69) is 15.3 Å². The number of hydrogen-bond acceptors (Lipinski definition) is 5. The Morgan fingerprint density at radius 3 is 2.60 bits per heavy atom. The molecule has 0 unspecified atom stereocenters. The van der Waals surface area contributed by atoms with E-state index in [9.17, 15) is 9.18 Å². The highest BCUT2D eigenvalue weighted by Crippen LogP contribution is 2.39. The van der Waals surface area contributed by atoms with Crippen molar-refractivity contribution in [3.05, 3.63) is 53.6 Å². The van der Waals surface area contributed by atoms with Gasteiger partial charge in [-0.2, -0.15) is 0 Å². The van der Waals surface area contributed by atoms with E-state index in [4.69, 9.17) is 4.74 Å². The van der Waals surface area contributed by atoms with E-state index >= 15 is 0 Å². The number of nitrogens with zero attached hydrogens (tertiary/aromatic N) is 2. The van der Waals surface area contributed by atoms with Gasteiger partial charge in [-0.15, -0.1) is 0 Å². The van der Waals surface area contributed by atoms with Crippen LogP contribution < -0.4 is 5.32 Å². The second-order valence-electron chi connectivity index (χ2n) is 6.29. The molecule has 1 saturated carbocycles. The number of rotatable bonds is 5. The zero-order chi connectivity index (χ0) is 17.7. The number of hydrogen-bond donors (Lipinski definition) is 1. The number of anilines is 1. The maximum Gasteiger partial charge on any atom is 0.341 e. The van der Waals surface area contributed by atoms with Crippen LogP contribution in [0, 0.1) is 5.82 Å². The summed E-state index contributed by atoms with van der Waals surface area (Å²) in [6.07, 6.45) is 7.97. The molecule has 0 radical (unpaired) electrons. The van der Waals surface area contributed by atoms with Crippen LogP contribution in [-0.4, -0.2) is 22.5 Å². The van der Waals surface area contributed by atoms with Crippen LogP contribution in [0.5, 0.6) is 0 Å². The molecule has 0 aliphatic heterocycles. The first-order chi connectivity index (χ1) is 12.1. The lowest BCUT2D eigenvalue weighted by molar-refractivity contribution is 0.0525. The SMILES string of the molecule is CCOC(=O)c1cnc(NC2(c3cccc(F)c3)CCCCC2)nc1. The zero-order valence-electron chi connectivity index (χ0n) is 14.3. The van der Waals surface area contributed by atoms with Gasteiger partial charge in [-0.3, -0.25) is 0 Å². The summed E-state index contributed by atoms with van der Waals surface area (Å²) < 4.78 is 18.7. The summed E-state index contributed by atoms with van der Waals surface area (Å²) in [6.45, 7) is 2.06. The number of ether oxygens (including phenoxy) is 1. The average molecular weight is 343 g/mol. The maximum absolute atomic E-state index is 13.7. The molecule has 0 saturated heterocycles. The standard InChI is InChI=1S/C19H22FN3O2/c1-2-25-17(24)14-12-21-18(22-13-14)23-19(9-4-3-5-10-19)15-7-6-8-16(20)11-15/h6-8,11-13H,2-5,9-10H2,1H3,(H,21,22,23). The molecule has 1 aromatic carbocycles. The number of aromatic nitrogens is 2. The van der Waals surface area contributed by atoms with Crippen LogP contribution in [0.25, 0.3) is 0 Å². The van der Waals surface area contributed by atoms with Gasteiger partial charge < -0.3 is 10.1 Å². The second kappa shape index (κ2) is 7.59. The third kappa shape index (κ3) is 3.95. The van der Waals surface area contributed by atoms with Crippen molar-refractivity contribution in [1.29, 1.82) is 0 Å². The molecular formula is C19H22FN3O2. The fraction of sp³-hybridized carbons (Fsp3) is 0.421. The van der Waals surface area contributed by atoms with Crippen LogP contribution in [0.3, 0.4) is 0 Å². The molecule has 2 aromatic rings. The predicted molar refractivity (Wildman–Crippen MR) is 92.8 cm³/mol. The van der Waals surface area contributed by atoms with Crippen LogP contribution in [0.1, 0.15) is 54.9 Å². The lowest BCUT2D eigenvalue weighted by atomic mass is 9.76. The summed E-state index contributed by atoms with van der Waals surface area (Å²) in [5.41, 5.74) is 0.840. The quantitative estimate of drug-likeness (QED) is 0.829. The van der Waals surface area contributed by atoms with Gasteiger partial charge in [0.1, 0.15) is 5.82 Å². The molecule has 0 spiro atoms. The number of esters is 1. The molecule has 1 aromatic heterocycles. The molecule has 25 heavy (non-hydrogen) atoms. The van der Waals surface area contributed by atoms with Crippen LogP contribution in [0.2, 0.25) is 0 Å².